The Morgan fingerprint density at radius 3 is 2.52 bits per heavy atom. The first kappa shape index (κ1) is 15.3. The third-order valence-electron chi connectivity index (χ3n) is 3.78. The van der Waals surface area contributed by atoms with E-state index in [0.717, 1.165) is 4.68 Å². The maximum Gasteiger partial charge on any atom is 0.436 e. The van der Waals surface area contributed by atoms with Crippen molar-refractivity contribution < 1.29 is 17.6 Å². The van der Waals surface area contributed by atoms with Crippen LogP contribution in [0.4, 0.5) is 19.0 Å². The van der Waals surface area contributed by atoms with Crippen molar-refractivity contribution in [2.75, 3.05) is 5.73 Å². The van der Waals surface area contributed by atoms with Crippen LogP contribution in [0.15, 0.2) is 47.0 Å². The molecule has 1 aromatic carbocycles. The fraction of sp³-hybridized carbons (Fsp3) is 0.125. The average molecular weight is 347 g/mol. The van der Waals surface area contributed by atoms with Crippen LogP contribution in [0.1, 0.15) is 5.69 Å². The Kier molecular flexibility index (Phi) is 3.14. The molecule has 0 saturated heterocycles. The zero-order valence-corrected chi connectivity index (χ0v) is 12.9. The lowest BCUT2D eigenvalue weighted by atomic mass is 10.1. The molecule has 6 nitrogen and oxygen atoms in total. The molecule has 4 rings (SSSR count). The summed E-state index contributed by atoms with van der Waals surface area (Å²) in [7, 11) is 1.65. The lowest BCUT2D eigenvalue weighted by Crippen LogP contribution is -2.09. The van der Waals surface area contributed by atoms with Crippen LogP contribution in [-0.4, -0.2) is 19.6 Å². The monoisotopic (exact) mass is 347 g/mol. The van der Waals surface area contributed by atoms with Gasteiger partial charge in [0.05, 0.1) is 5.56 Å². The topological polar surface area (TPSA) is 74.8 Å². The molecule has 3 heterocycles. The SMILES string of the molecule is Cn1ccc(-n2nc(C(F)(F)F)c(-c3cc4ccccc4o3)c2N)n1. The molecular weight excluding hydrogens is 335 g/mol. The van der Waals surface area contributed by atoms with Crippen molar-refractivity contribution in [3.8, 4) is 17.1 Å². The normalized spacial score (nSPS) is 12.2. The summed E-state index contributed by atoms with van der Waals surface area (Å²) >= 11 is 0. The minimum atomic E-state index is -4.69. The molecule has 0 atom stereocenters. The summed E-state index contributed by atoms with van der Waals surface area (Å²) in [5.74, 6) is 0.00569. The van der Waals surface area contributed by atoms with Crippen LogP contribution >= 0.6 is 0 Å². The van der Waals surface area contributed by atoms with Gasteiger partial charge >= 0.3 is 6.18 Å². The highest BCUT2D eigenvalue weighted by Gasteiger charge is 2.40. The second-order valence-corrected chi connectivity index (χ2v) is 5.51. The number of fused-ring (bicyclic) bond motifs is 1. The van der Waals surface area contributed by atoms with Gasteiger partial charge in [0.1, 0.15) is 17.2 Å². The number of hydrogen-bond acceptors (Lipinski definition) is 4. The summed E-state index contributed by atoms with van der Waals surface area (Å²) in [6.07, 6.45) is -3.10. The number of hydrogen-bond donors (Lipinski definition) is 1. The molecule has 0 aliphatic heterocycles. The van der Waals surface area contributed by atoms with Crippen molar-refractivity contribution >= 4 is 16.8 Å². The molecule has 0 amide bonds. The molecule has 0 bridgehead atoms. The van der Waals surface area contributed by atoms with Gasteiger partial charge in [0.15, 0.2) is 11.5 Å². The fourth-order valence-electron chi connectivity index (χ4n) is 2.67. The van der Waals surface area contributed by atoms with E-state index in [1.807, 2.05) is 0 Å². The number of halogens is 3. The van der Waals surface area contributed by atoms with E-state index in [2.05, 4.69) is 10.2 Å². The fourth-order valence-corrected chi connectivity index (χ4v) is 2.67. The van der Waals surface area contributed by atoms with Crippen molar-refractivity contribution in [1.82, 2.24) is 19.6 Å². The van der Waals surface area contributed by atoms with E-state index >= 15 is 0 Å². The van der Waals surface area contributed by atoms with E-state index in [9.17, 15) is 13.2 Å². The zero-order chi connectivity index (χ0) is 17.8. The van der Waals surface area contributed by atoms with E-state index in [4.69, 9.17) is 10.2 Å². The first-order valence-corrected chi connectivity index (χ1v) is 7.29. The predicted octanol–water partition coefficient (Wildman–Crippen LogP) is 3.62. The van der Waals surface area contributed by atoms with Gasteiger partial charge in [-0.25, -0.2) is 0 Å². The van der Waals surface area contributed by atoms with Crippen LogP contribution in [0.2, 0.25) is 0 Å². The number of rotatable bonds is 2. The van der Waals surface area contributed by atoms with Crippen molar-refractivity contribution in [3.05, 3.63) is 48.3 Å². The molecule has 0 fully saturated rings. The quantitative estimate of drug-likeness (QED) is 0.601. The second kappa shape index (κ2) is 5.13. The minimum absolute atomic E-state index is 0.00760. The highest BCUT2D eigenvalue weighted by Crippen LogP contribution is 2.42. The van der Waals surface area contributed by atoms with Crippen molar-refractivity contribution in [1.29, 1.82) is 0 Å². The van der Waals surface area contributed by atoms with Crippen molar-refractivity contribution in [2.45, 2.75) is 6.18 Å². The Morgan fingerprint density at radius 2 is 1.88 bits per heavy atom. The number of nitrogen functional groups attached to an aromatic ring is 1. The van der Waals surface area contributed by atoms with Gasteiger partial charge < -0.3 is 10.2 Å². The van der Waals surface area contributed by atoms with E-state index in [1.54, 1.807) is 37.5 Å². The number of benzene rings is 1. The third-order valence-corrected chi connectivity index (χ3v) is 3.78. The van der Waals surface area contributed by atoms with Crippen LogP contribution in [0.3, 0.4) is 0 Å². The van der Waals surface area contributed by atoms with Crippen LogP contribution in [-0.2, 0) is 13.2 Å². The average Bonchev–Trinajstić information content (AvgIpc) is 3.22. The highest BCUT2D eigenvalue weighted by atomic mass is 19.4. The molecule has 0 aliphatic carbocycles. The first-order chi connectivity index (χ1) is 11.8. The van der Waals surface area contributed by atoms with Crippen LogP contribution in [0, 0.1) is 0 Å². The molecule has 4 aromatic rings. The number of furan rings is 1. The van der Waals surface area contributed by atoms with Gasteiger partial charge in [-0.3, -0.25) is 4.68 Å². The molecule has 0 spiro atoms. The zero-order valence-electron chi connectivity index (χ0n) is 12.9. The molecule has 0 aliphatic rings. The highest BCUT2D eigenvalue weighted by molar-refractivity contribution is 5.86. The number of alkyl halides is 3. The molecule has 25 heavy (non-hydrogen) atoms. The number of anilines is 1. The summed E-state index contributed by atoms with van der Waals surface area (Å²) in [6, 6.07) is 9.96. The van der Waals surface area contributed by atoms with Crippen molar-refractivity contribution in [2.24, 2.45) is 7.05 Å². The maximum atomic E-state index is 13.5. The molecule has 3 aromatic heterocycles. The van der Waals surface area contributed by atoms with E-state index in [0.29, 0.717) is 11.0 Å². The standard InChI is InChI=1S/C16H12F3N5O/c1-23-7-6-12(21-23)24-15(20)13(14(22-24)16(17,18)19)11-8-9-4-2-3-5-10(9)25-11/h2-8H,20H2,1H3. The molecule has 0 radical (unpaired) electrons. The third kappa shape index (κ3) is 2.44. The number of aromatic nitrogens is 4. The number of para-hydroxylation sites is 1. The Hall–Kier alpha value is -3.23. The van der Waals surface area contributed by atoms with Gasteiger partial charge in [0.25, 0.3) is 0 Å². The maximum absolute atomic E-state index is 13.5. The van der Waals surface area contributed by atoms with Gasteiger partial charge in [0, 0.05) is 24.7 Å². The smallest absolute Gasteiger partial charge is 0.436 e. The van der Waals surface area contributed by atoms with Crippen molar-refractivity contribution in [3.63, 3.8) is 0 Å². The number of nitrogens with zero attached hydrogens (tertiary/aromatic N) is 4. The van der Waals surface area contributed by atoms with Crippen LogP contribution in [0.25, 0.3) is 28.1 Å². The molecule has 9 heteroatoms. The summed E-state index contributed by atoms with van der Waals surface area (Å²) in [5, 5.41) is 8.37. The number of aryl methyl sites for hydroxylation is 1. The molecular formula is C16H12F3N5O. The number of nitrogens with two attached hydrogens (primary N) is 1. The van der Waals surface area contributed by atoms with E-state index in [1.165, 1.54) is 16.8 Å². The van der Waals surface area contributed by atoms with Gasteiger partial charge in [-0.05, 0) is 12.1 Å². The molecule has 0 saturated carbocycles. The Bertz CT molecular complexity index is 1040. The molecule has 128 valence electrons. The van der Waals surface area contributed by atoms with Crippen LogP contribution < -0.4 is 5.73 Å². The minimum Gasteiger partial charge on any atom is -0.456 e. The molecule has 2 N–H and O–H groups in total. The Morgan fingerprint density at radius 1 is 1.12 bits per heavy atom. The summed E-state index contributed by atoms with van der Waals surface area (Å²) < 4.78 is 48.5. The van der Waals surface area contributed by atoms with Crippen LogP contribution in [0.5, 0.6) is 0 Å². The lowest BCUT2D eigenvalue weighted by molar-refractivity contribution is -0.140. The van der Waals surface area contributed by atoms with Gasteiger partial charge in [0.2, 0.25) is 0 Å². The lowest BCUT2D eigenvalue weighted by Gasteiger charge is -2.04. The van der Waals surface area contributed by atoms with E-state index in [-0.39, 0.29) is 23.0 Å². The Labute approximate surface area is 139 Å². The molecule has 0 unspecified atom stereocenters. The van der Waals surface area contributed by atoms with Gasteiger partial charge in [-0.1, -0.05) is 18.2 Å². The van der Waals surface area contributed by atoms with Gasteiger partial charge in [-0.2, -0.15) is 28.1 Å². The first-order valence-electron chi connectivity index (χ1n) is 7.29. The van der Waals surface area contributed by atoms with Gasteiger partial charge in [-0.15, -0.1) is 0 Å². The summed E-state index contributed by atoms with van der Waals surface area (Å²) in [4.78, 5) is 0. The predicted molar refractivity (Wildman–Crippen MR) is 85.0 cm³/mol. The van der Waals surface area contributed by atoms with E-state index < -0.39 is 11.9 Å². The summed E-state index contributed by atoms with van der Waals surface area (Å²) in [5.41, 5.74) is 5.04. The second-order valence-electron chi connectivity index (χ2n) is 5.51. The Balaban J connectivity index is 1.98. The largest absolute Gasteiger partial charge is 0.456 e. The summed E-state index contributed by atoms with van der Waals surface area (Å²) in [6.45, 7) is 0.